The fourth-order valence-corrected chi connectivity index (χ4v) is 4.42. The molecule has 0 aliphatic carbocycles. The number of aromatic nitrogens is 2. The van der Waals surface area contributed by atoms with Gasteiger partial charge in [0, 0.05) is 48.9 Å². The molecule has 3 aromatic carbocycles. The lowest BCUT2D eigenvalue weighted by Gasteiger charge is -2.32. The number of rotatable bonds is 5. The van der Waals surface area contributed by atoms with Crippen molar-refractivity contribution >= 4 is 11.6 Å². The van der Waals surface area contributed by atoms with Crippen molar-refractivity contribution in [1.29, 1.82) is 0 Å². The van der Waals surface area contributed by atoms with Crippen molar-refractivity contribution in [1.82, 2.24) is 19.6 Å². The van der Waals surface area contributed by atoms with Crippen LogP contribution in [0.1, 0.15) is 5.56 Å². The maximum atomic E-state index is 13.3. The van der Waals surface area contributed by atoms with E-state index >= 15 is 0 Å². The second-order valence-corrected chi connectivity index (χ2v) is 9.01. The molecule has 1 aliphatic rings. The lowest BCUT2D eigenvalue weighted by molar-refractivity contribution is 0.148. The van der Waals surface area contributed by atoms with E-state index in [0.717, 1.165) is 60.8 Å². The highest BCUT2D eigenvalue weighted by Gasteiger charge is 2.20. The number of hydrogen-bond donors (Lipinski definition) is 0. The number of hydrogen-bond acceptors (Lipinski definition) is 3. The van der Waals surface area contributed by atoms with Crippen LogP contribution < -0.4 is 0 Å². The van der Waals surface area contributed by atoms with Gasteiger partial charge in [0.05, 0.1) is 17.6 Å². The zero-order chi connectivity index (χ0) is 22.8. The maximum absolute atomic E-state index is 13.3. The summed E-state index contributed by atoms with van der Waals surface area (Å²) < 4.78 is 15.3. The molecule has 168 valence electrons. The fraction of sp³-hybridized carbons (Fsp3) is 0.222. The molecule has 0 atom stereocenters. The molecule has 33 heavy (non-hydrogen) atoms. The van der Waals surface area contributed by atoms with Crippen molar-refractivity contribution in [3.8, 4) is 28.1 Å². The second-order valence-electron chi connectivity index (χ2n) is 8.57. The molecule has 2 heterocycles. The molecule has 0 saturated carbocycles. The third kappa shape index (κ3) is 4.86. The third-order valence-corrected chi connectivity index (χ3v) is 6.49. The van der Waals surface area contributed by atoms with Gasteiger partial charge in [-0.2, -0.15) is 5.10 Å². The van der Waals surface area contributed by atoms with Gasteiger partial charge in [0.1, 0.15) is 5.82 Å². The van der Waals surface area contributed by atoms with Gasteiger partial charge in [-0.05, 0) is 54.6 Å². The Hall–Kier alpha value is -2.99. The summed E-state index contributed by atoms with van der Waals surface area (Å²) in [4.78, 5) is 4.85. The molecule has 0 amide bonds. The first-order valence-corrected chi connectivity index (χ1v) is 11.5. The van der Waals surface area contributed by atoms with Gasteiger partial charge in [0.25, 0.3) is 0 Å². The average molecular weight is 461 g/mol. The van der Waals surface area contributed by atoms with Gasteiger partial charge < -0.3 is 4.90 Å². The largest absolute Gasteiger partial charge is 0.304 e. The Morgan fingerprint density at radius 1 is 0.788 bits per heavy atom. The molecule has 4 nitrogen and oxygen atoms in total. The summed E-state index contributed by atoms with van der Waals surface area (Å²) in [5.41, 5.74) is 6.37. The number of likely N-dealkylation sites (N-methyl/N-ethyl adjacent to an activating group) is 1. The molecule has 1 fully saturated rings. The highest BCUT2D eigenvalue weighted by Crippen LogP contribution is 2.30. The molecule has 1 aromatic heterocycles. The van der Waals surface area contributed by atoms with Gasteiger partial charge in [-0.3, -0.25) is 4.90 Å². The van der Waals surface area contributed by atoms with E-state index in [2.05, 4.69) is 53.2 Å². The van der Waals surface area contributed by atoms with Crippen molar-refractivity contribution in [2.75, 3.05) is 33.2 Å². The van der Waals surface area contributed by atoms with Crippen LogP contribution in [-0.2, 0) is 6.54 Å². The molecule has 5 rings (SSSR count). The minimum atomic E-state index is -0.229. The van der Waals surface area contributed by atoms with Crippen molar-refractivity contribution in [3.05, 3.63) is 95.4 Å². The van der Waals surface area contributed by atoms with Gasteiger partial charge in [-0.25, -0.2) is 9.07 Å². The van der Waals surface area contributed by atoms with E-state index in [0.29, 0.717) is 5.02 Å². The number of piperazine rings is 1. The first-order chi connectivity index (χ1) is 16.1. The van der Waals surface area contributed by atoms with E-state index in [1.165, 1.54) is 17.7 Å². The summed E-state index contributed by atoms with van der Waals surface area (Å²) in [6.45, 7) is 5.12. The van der Waals surface area contributed by atoms with Gasteiger partial charge in [-0.1, -0.05) is 48.0 Å². The van der Waals surface area contributed by atoms with Crippen LogP contribution >= 0.6 is 11.6 Å². The Morgan fingerprint density at radius 2 is 1.36 bits per heavy atom. The molecule has 1 saturated heterocycles. The van der Waals surface area contributed by atoms with Gasteiger partial charge in [-0.15, -0.1) is 0 Å². The summed E-state index contributed by atoms with van der Waals surface area (Å²) in [7, 11) is 2.17. The Labute approximate surface area is 198 Å². The van der Waals surface area contributed by atoms with Crippen LogP contribution in [0, 0.1) is 5.82 Å². The minimum Gasteiger partial charge on any atom is -0.304 e. The lowest BCUT2D eigenvalue weighted by Crippen LogP contribution is -2.43. The quantitative estimate of drug-likeness (QED) is 0.379. The van der Waals surface area contributed by atoms with E-state index < -0.39 is 0 Å². The Bertz CT molecular complexity index is 1210. The van der Waals surface area contributed by atoms with Gasteiger partial charge in [0.2, 0.25) is 0 Å². The van der Waals surface area contributed by atoms with Crippen LogP contribution in [0.15, 0.2) is 79.0 Å². The van der Waals surface area contributed by atoms with Crippen LogP contribution in [0.4, 0.5) is 4.39 Å². The molecular weight excluding hydrogens is 435 g/mol. The highest BCUT2D eigenvalue weighted by atomic mass is 35.5. The molecular formula is C27H26ClFN4. The van der Waals surface area contributed by atoms with Crippen molar-refractivity contribution < 1.29 is 4.39 Å². The SMILES string of the molecule is CN1CCN(Cc2cnn(-c3ccc(-c4ccc(F)cc4)cc3)c2-c2ccc(Cl)cc2)CC1. The standard InChI is InChI=1S/C27H26ClFN4/c1-31-14-16-32(17-15-31)19-23-18-30-33(27(23)22-2-8-24(28)9-3-22)26-12-6-21(7-13-26)20-4-10-25(29)11-5-20/h2-13,18H,14-17,19H2,1H3. The molecule has 0 bridgehead atoms. The monoisotopic (exact) mass is 460 g/mol. The summed E-state index contributed by atoms with van der Waals surface area (Å²) in [5, 5.41) is 5.49. The van der Waals surface area contributed by atoms with E-state index in [4.69, 9.17) is 16.7 Å². The first-order valence-electron chi connectivity index (χ1n) is 11.2. The number of nitrogens with zero attached hydrogens (tertiary/aromatic N) is 4. The molecule has 0 N–H and O–H groups in total. The lowest BCUT2D eigenvalue weighted by atomic mass is 10.0. The van der Waals surface area contributed by atoms with Crippen molar-refractivity contribution in [3.63, 3.8) is 0 Å². The Morgan fingerprint density at radius 3 is 2.00 bits per heavy atom. The fourth-order valence-electron chi connectivity index (χ4n) is 4.29. The summed E-state index contributed by atoms with van der Waals surface area (Å²) >= 11 is 6.17. The second kappa shape index (κ2) is 9.48. The molecule has 6 heteroatoms. The van der Waals surface area contributed by atoms with E-state index in [1.54, 1.807) is 12.1 Å². The van der Waals surface area contributed by atoms with E-state index in [9.17, 15) is 4.39 Å². The summed E-state index contributed by atoms with van der Waals surface area (Å²) in [5.74, 6) is -0.229. The van der Waals surface area contributed by atoms with E-state index in [1.807, 2.05) is 23.0 Å². The number of benzene rings is 3. The Kier molecular flexibility index (Phi) is 6.27. The smallest absolute Gasteiger partial charge is 0.123 e. The van der Waals surface area contributed by atoms with Crippen LogP contribution in [0.5, 0.6) is 0 Å². The normalized spacial score (nSPS) is 15.1. The third-order valence-electron chi connectivity index (χ3n) is 6.24. The molecule has 0 spiro atoms. The van der Waals surface area contributed by atoms with Crippen molar-refractivity contribution in [2.45, 2.75) is 6.54 Å². The first kappa shape index (κ1) is 21.8. The van der Waals surface area contributed by atoms with Crippen LogP contribution in [-0.4, -0.2) is 52.8 Å². The predicted molar refractivity (Wildman–Crippen MR) is 132 cm³/mol. The number of halogens is 2. The minimum absolute atomic E-state index is 0.229. The average Bonchev–Trinajstić information content (AvgIpc) is 3.25. The topological polar surface area (TPSA) is 24.3 Å². The Balaban J connectivity index is 1.49. The van der Waals surface area contributed by atoms with Crippen LogP contribution in [0.3, 0.4) is 0 Å². The van der Waals surface area contributed by atoms with Gasteiger partial charge in [0.15, 0.2) is 0 Å². The van der Waals surface area contributed by atoms with Crippen molar-refractivity contribution in [2.24, 2.45) is 0 Å². The zero-order valence-electron chi connectivity index (χ0n) is 18.6. The molecule has 0 unspecified atom stereocenters. The molecule has 1 aliphatic heterocycles. The predicted octanol–water partition coefficient (Wildman–Crippen LogP) is 5.75. The van der Waals surface area contributed by atoms with E-state index in [-0.39, 0.29) is 5.82 Å². The van der Waals surface area contributed by atoms with Crippen LogP contribution in [0.25, 0.3) is 28.1 Å². The van der Waals surface area contributed by atoms with Gasteiger partial charge >= 0.3 is 0 Å². The highest BCUT2D eigenvalue weighted by molar-refractivity contribution is 6.30. The molecule has 0 radical (unpaired) electrons. The summed E-state index contributed by atoms with van der Waals surface area (Å²) in [6.07, 6.45) is 1.98. The maximum Gasteiger partial charge on any atom is 0.123 e. The molecule has 4 aromatic rings. The zero-order valence-corrected chi connectivity index (χ0v) is 19.3. The summed E-state index contributed by atoms with van der Waals surface area (Å²) in [6, 6.07) is 22.7. The van der Waals surface area contributed by atoms with Crippen LogP contribution in [0.2, 0.25) is 5.02 Å².